The molecular weight excluding hydrogens is 291 g/mol. The maximum atomic E-state index is 14.7. The van der Waals surface area contributed by atoms with Gasteiger partial charge in [0.05, 0.1) is 0 Å². The molecular formula is C19H25FN2O. The van der Waals surface area contributed by atoms with E-state index in [1.807, 2.05) is 6.07 Å². The van der Waals surface area contributed by atoms with Crippen molar-refractivity contribution in [1.82, 2.24) is 10.2 Å². The molecule has 0 radical (unpaired) electrons. The summed E-state index contributed by atoms with van der Waals surface area (Å²) >= 11 is 0. The van der Waals surface area contributed by atoms with Crippen molar-refractivity contribution < 1.29 is 9.13 Å². The highest BCUT2D eigenvalue weighted by molar-refractivity contribution is 5.67. The SMILES string of the molecule is C[C@H]1CC=C(c2cc(F)c3c(c2)OC2(CCN(C)CC2)C3)NC1. The standard InChI is InChI=1S/C19H25FN2O/c1-13-3-4-17(21-12-13)14-9-16(20)15-11-19(23-18(15)10-14)5-7-22(2)8-6-19/h4,9-10,13,21H,3,5-8,11-12H2,1-2H3/t13-/m0/s1. The van der Waals surface area contributed by atoms with E-state index in [4.69, 9.17) is 4.74 Å². The molecule has 23 heavy (non-hydrogen) atoms. The van der Waals surface area contributed by atoms with Crippen molar-refractivity contribution >= 4 is 5.70 Å². The van der Waals surface area contributed by atoms with Crippen molar-refractivity contribution in [2.24, 2.45) is 5.92 Å². The van der Waals surface area contributed by atoms with Crippen molar-refractivity contribution in [3.8, 4) is 5.75 Å². The van der Waals surface area contributed by atoms with Crippen LogP contribution in [-0.4, -0.2) is 37.2 Å². The maximum absolute atomic E-state index is 14.7. The average molecular weight is 316 g/mol. The molecule has 3 aliphatic heterocycles. The smallest absolute Gasteiger partial charge is 0.130 e. The highest BCUT2D eigenvalue weighted by Crippen LogP contribution is 2.43. The van der Waals surface area contributed by atoms with E-state index in [2.05, 4.69) is 30.3 Å². The molecule has 3 nitrogen and oxygen atoms in total. The Labute approximate surface area is 137 Å². The van der Waals surface area contributed by atoms with Gasteiger partial charge in [-0.2, -0.15) is 0 Å². The van der Waals surface area contributed by atoms with Gasteiger partial charge in [0.1, 0.15) is 17.2 Å². The van der Waals surface area contributed by atoms with E-state index < -0.39 is 0 Å². The van der Waals surface area contributed by atoms with Gasteiger partial charge in [0.15, 0.2) is 0 Å². The van der Waals surface area contributed by atoms with Crippen molar-refractivity contribution in [1.29, 1.82) is 0 Å². The summed E-state index contributed by atoms with van der Waals surface area (Å²) in [4.78, 5) is 2.32. The van der Waals surface area contributed by atoms with Gasteiger partial charge in [-0.1, -0.05) is 13.0 Å². The lowest BCUT2D eigenvalue weighted by molar-refractivity contribution is 0.0270. The fraction of sp³-hybridized carbons (Fsp3) is 0.579. The summed E-state index contributed by atoms with van der Waals surface area (Å²) in [5.74, 6) is 1.28. The van der Waals surface area contributed by atoms with E-state index in [-0.39, 0.29) is 11.4 Å². The van der Waals surface area contributed by atoms with E-state index in [0.29, 0.717) is 12.3 Å². The van der Waals surface area contributed by atoms with Crippen molar-refractivity contribution in [3.05, 3.63) is 35.2 Å². The second-order valence-corrected chi connectivity index (χ2v) is 7.54. The van der Waals surface area contributed by atoms with Gasteiger partial charge in [-0.25, -0.2) is 4.39 Å². The predicted octanol–water partition coefficient (Wildman–Crippen LogP) is 3.20. The lowest BCUT2D eigenvalue weighted by atomic mass is 9.87. The minimum absolute atomic E-state index is 0.116. The fourth-order valence-electron chi connectivity index (χ4n) is 3.90. The quantitative estimate of drug-likeness (QED) is 0.861. The molecule has 1 N–H and O–H groups in total. The van der Waals surface area contributed by atoms with Crippen LogP contribution in [0, 0.1) is 11.7 Å². The van der Waals surface area contributed by atoms with Crippen LogP contribution in [-0.2, 0) is 6.42 Å². The molecule has 124 valence electrons. The van der Waals surface area contributed by atoms with Crippen LogP contribution in [0.1, 0.15) is 37.3 Å². The molecule has 0 aliphatic carbocycles. The third-order valence-electron chi connectivity index (χ3n) is 5.55. The molecule has 1 aromatic rings. The lowest BCUT2D eigenvalue weighted by Gasteiger charge is -2.37. The lowest BCUT2D eigenvalue weighted by Crippen LogP contribution is -2.45. The fourth-order valence-corrected chi connectivity index (χ4v) is 3.90. The zero-order valence-electron chi connectivity index (χ0n) is 14.0. The first-order valence-electron chi connectivity index (χ1n) is 8.69. The summed E-state index contributed by atoms with van der Waals surface area (Å²) in [7, 11) is 2.13. The molecule has 1 atom stereocenters. The van der Waals surface area contributed by atoms with E-state index >= 15 is 0 Å². The number of ether oxygens (including phenoxy) is 1. The number of nitrogens with one attached hydrogen (secondary N) is 1. The third kappa shape index (κ3) is 2.74. The zero-order chi connectivity index (χ0) is 16.0. The minimum atomic E-state index is -0.183. The number of hydrogen-bond donors (Lipinski definition) is 1. The van der Waals surface area contributed by atoms with Crippen molar-refractivity contribution in [2.75, 3.05) is 26.7 Å². The van der Waals surface area contributed by atoms with Crippen LogP contribution >= 0.6 is 0 Å². The average Bonchev–Trinajstić information content (AvgIpc) is 2.90. The topological polar surface area (TPSA) is 24.5 Å². The second-order valence-electron chi connectivity index (χ2n) is 7.54. The summed E-state index contributed by atoms with van der Waals surface area (Å²) in [5, 5.41) is 3.41. The Morgan fingerprint density at radius 1 is 1.30 bits per heavy atom. The largest absolute Gasteiger partial charge is 0.486 e. The van der Waals surface area contributed by atoms with Crippen molar-refractivity contribution in [2.45, 2.75) is 38.2 Å². The zero-order valence-corrected chi connectivity index (χ0v) is 14.0. The molecule has 0 saturated carbocycles. The van der Waals surface area contributed by atoms with Crippen LogP contribution in [0.25, 0.3) is 5.70 Å². The molecule has 0 unspecified atom stereocenters. The van der Waals surface area contributed by atoms with Gasteiger partial charge < -0.3 is 15.0 Å². The van der Waals surface area contributed by atoms with E-state index in [1.54, 1.807) is 6.07 Å². The molecule has 0 aromatic heterocycles. The molecule has 4 heteroatoms. The first kappa shape index (κ1) is 15.0. The molecule has 0 bridgehead atoms. The Morgan fingerprint density at radius 3 is 2.78 bits per heavy atom. The Morgan fingerprint density at radius 2 is 2.09 bits per heavy atom. The highest BCUT2D eigenvalue weighted by atomic mass is 19.1. The minimum Gasteiger partial charge on any atom is -0.486 e. The summed E-state index contributed by atoms with van der Waals surface area (Å²) in [6.07, 6.45) is 5.89. The molecule has 1 spiro atoms. The number of nitrogens with zero attached hydrogens (tertiary/aromatic N) is 1. The molecule has 1 aromatic carbocycles. The van der Waals surface area contributed by atoms with Crippen LogP contribution in [0.15, 0.2) is 18.2 Å². The third-order valence-corrected chi connectivity index (χ3v) is 5.55. The molecule has 4 rings (SSSR count). The number of likely N-dealkylation sites (tertiary alicyclic amines) is 1. The van der Waals surface area contributed by atoms with Crippen LogP contribution in [0.4, 0.5) is 4.39 Å². The van der Waals surface area contributed by atoms with Gasteiger partial charge in [0.25, 0.3) is 0 Å². The van der Waals surface area contributed by atoms with E-state index in [1.165, 1.54) is 0 Å². The van der Waals surface area contributed by atoms with Crippen LogP contribution in [0.5, 0.6) is 5.75 Å². The predicted molar refractivity (Wildman–Crippen MR) is 90.0 cm³/mol. The Balaban J connectivity index is 1.61. The maximum Gasteiger partial charge on any atom is 0.130 e. The molecule has 3 aliphatic rings. The van der Waals surface area contributed by atoms with Gasteiger partial charge in [-0.15, -0.1) is 0 Å². The first-order chi connectivity index (χ1) is 11.0. The number of allylic oxidation sites excluding steroid dienone is 1. The summed E-state index contributed by atoms with van der Waals surface area (Å²) < 4.78 is 20.9. The van der Waals surface area contributed by atoms with E-state index in [0.717, 1.165) is 61.5 Å². The Bertz CT molecular complexity index is 647. The molecule has 1 saturated heterocycles. The molecule has 0 amide bonds. The van der Waals surface area contributed by atoms with Gasteiger partial charge in [-0.3, -0.25) is 0 Å². The normalized spacial score (nSPS) is 26.4. The number of hydrogen-bond acceptors (Lipinski definition) is 3. The number of halogens is 1. The summed E-state index contributed by atoms with van der Waals surface area (Å²) in [6.45, 7) is 5.21. The second kappa shape index (κ2) is 5.52. The Kier molecular flexibility index (Phi) is 3.60. The van der Waals surface area contributed by atoms with Crippen molar-refractivity contribution in [3.63, 3.8) is 0 Å². The first-order valence-corrected chi connectivity index (χ1v) is 8.69. The van der Waals surface area contributed by atoms with E-state index in [9.17, 15) is 4.39 Å². The Hall–Kier alpha value is -1.55. The number of fused-ring (bicyclic) bond motifs is 1. The van der Waals surface area contributed by atoms with Gasteiger partial charge in [0, 0.05) is 55.7 Å². The number of benzene rings is 1. The van der Waals surface area contributed by atoms with Gasteiger partial charge in [-0.05, 0) is 31.5 Å². The summed E-state index contributed by atoms with van der Waals surface area (Å²) in [5.41, 5.74) is 2.54. The highest BCUT2D eigenvalue weighted by Gasteiger charge is 2.42. The number of piperidine rings is 1. The molecule has 1 fully saturated rings. The summed E-state index contributed by atoms with van der Waals surface area (Å²) in [6, 6.07) is 3.70. The van der Waals surface area contributed by atoms with Crippen LogP contribution in [0.2, 0.25) is 0 Å². The van der Waals surface area contributed by atoms with Crippen LogP contribution < -0.4 is 10.1 Å². The van der Waals surface area contributed by atoms with Gasteiger partial charge >= 0.3 is 0 Å². The number of rotatable bonds is 1. The monoisotopic (exact) mass is 316 g/mol. The van der Waals surface area contributed by atoms with Crippen LogP contribution in [0.3, 0.4) is 0 Å². The molecule has 3 heterocycles. The van der Waals surface area contributed by atoms with Gasteiger partial charge in [0.2, 0.25) is 0 Å².